The molecular weight excluding hydrogens is 462 g/mol. The molecule has 0 saturated carbocycles. The third kappa shape index (κ3) is 4.54. The van der Waals surface area contributed by atoms with Gasteiger partial charge in [0, 0.05) is 39.1 Å². The highest BCUT2D eigenvalue weighted by atomic mass is 35.5. The predicted molar refractivity (Wildman–Crippen MR) is 140 cm³/mol. The number of nitrogens with zero attached hydrogens (tertiary/aromatic N) is 3. The summed E-state index contributed by atoms with van der Waals surface area (Å²) in [5, 5.41) is 5.09. The number of methoxy groups -OCH3 is 2. The van der Waals surface area contributed by atoms with Gasteiger partial charge in [-0.25, -0.2) is 9.97 Å². The molecule has 5 aromatic rings. The Hall–Kier alpha value is -4.36. The van der Waals surface area contributed by atoms with Gasteiger partial charge in [-0.15, -0.1) is 0 Å². The van der Waals surface area contributed by atoms with E-state index in [2.05, 4.69) is 20.3 Å². The van der Waals surface area contributed by atoms with Crippen molar-refractivity contribution in [1.29, 1.82) is 0 Å². The topological polar surface area (TPSA) is 95.2 Å². The molecule has 0 fully saturated rings. The van der Waals surface area contributed by atoms with Crippen molar-refractivity contribution in [2.24, 2.45) is 0 Å². The lowest BCUT2D eigenvalue weighted by Crippen LogP contribution is -2.00. The molecule has 3 N–H and O–H groups in total. The first kappa shape index (κ1) is 22.4. The molecule has 8 heteroatoms. The van der Waals surface area contributed by atoms with Crippen LogP contribution in [0.2, 0.25) is 5.02 Å². The maximum absolute atomic E-state index is 6.11. The van der Waals surface area contributed by atoms with Gasteiger partial charge in [0.1, 0.15) is 0 Å². The summed E-state index contributed by atoms with van der Waals surface area (Å²) in [6.45, 7) is 0. The van der Waals surface area contributed by atoms with Crippen molar-refractivity contribution in [2.75, 3.05) is 25.3 Å². The third-order valence-corrected chi connectivity index (χ3v) is 5.82. The van der Waals surface area contributed by atoms with Gasteiger partial charge in [0.2, 0.25) is 5.95 Å². The number of para-hydroxylation sites is 1. The van der Waals surface area contributed by atoms with E-state index in [-0.39, 0.29) is 5.95 Å². The van der Waals surface area contributed by atoms with Crippen molar-refractivity contribution >= 4 is 39.8 Å². The first-order valence-electron chi connectivity index (χ1n) is 10.8. The van der Waals surface area contributed by atoms with Crippen molar-refractivity contribution in [2.45, 2.75) is 0 Å². The number of fused-ring (bicyclic) bond motifs is 1. The van der Waals surface area contributed by atoms with Crippen LogP contribution in [0.3, 0.4) is 0 Å². The largest absolute Gasteiger partial charge is 0.493 e. The average molecular weight is 484 g/mol. The molecule has 5 rings (SSSR count). The van der Waals surface area contributed by atoms with Gasteiger partial charge in [0.15, 0.2) is 11.5 Å². The van der Waals surface area contributed by atoms with Gasteiger partial charge >= 0.3 is 0 Å². The molecule has 0 bridgehead atoms. The summed E-state index contributed by atoms with van der Waals surface area (Å²) >= 11 is 6.11. The van der Waals surface area contributed by atoms with Crippen LogP contribution < -0.4 is 20.5 Å². The number of aromatic nitrogens is 3. The second kappa shape index (κ2) is 9.48. The van der Waals surface area contributed by atoms with Crippen LogP contribution in [0.25, 0.3) is 33.4 Å². The zero-order valence-electron chi connectivity index (χ0n) is 19.1. The maximum atomic E-state index is 6.11. The van der Waals surface area contributed by atoms with Crippen molar-refractivity contribution in [1.82, 2.24) is 15.0 Å². The minimum absolute atomic E-state index is 0.173. The fourth-order valence-electron chi connectivity index (χ4n) is 3.95. The molecule has 7 nitrogen and oxygen atoms in total. The number of hydrogen-bond donors (Lipinski definition) is 2. The summed E-state index contributed by atoms with van der Waals surface area (Å²) in [5.41, 5.74) is 11.8. The lowest BCUT2D eigenvalue weighted by Gasteiger charge is -2.13. The molecule has 35 heavy (non-hydrogen) atoms. The molecule has 0 radical (unpaired) electrons. The number of anilines is 3. The molecule has 0 aliphatic heterocycles. The molecule has 0 unspecified atom stereocenters. The molecule has 0 saturated heterocycles. The average Bonchev–Trinajstić information content (AvgIpc) is 2.88. The summed E-state index contributed by atoms with van der Waals surface area (Å²) in [6.07, 6.45) is 1.76. The summed E-state index contributed by atoms with van der Waals surface area (Å²) in [5.74, 6) is 1.38. The number of rotatable bonds is 6. The van der Waals surface area contributed by atoms with Crippen LogP contribution in [-0.4, -0.2) is 29.2 Å². The Morgan fingerprint density at radius 2 is 1.66 bits per heavy atom. The van der Waals surface area contributed by atoms with E-state index in [1.54, 1.807) is 20.4 Å². The highest BCUT2D eigenvalue weighted by molar-refractivity contribution is 6.31. The molecular formula is C27H22ClN5O2. The van der Waals surface area contributed by atoms with Crippen molar-refractivity contribution in [3.05, 3.63) is 84.0 Å². The highest BCUT2D eigenvalue weighted by Crippen LogP contribution is 2.38. The number of nitrogens with one attached hydrogen (secondary N) is 1. The van der Waals surface area contributed by atoms with E-state index in [1.807, 2.05) is 72.8 Å². The summed E-state index contributed by atoms with van der Waals surface area (Å²) < 4.78 is 11.0. The van der Waals surface area contributed by atoms with Crippen molar-refractivity contribution in [3.8, 4) is 34.0 Å². The number of benzene rings is 3. The van der Waals surface area contributed by atoms with E-state index >= 15 is 0 Å². The molecule has 0 amide bonds. The Bertz CT molecular complexity index is 1520. The molecule has 2 heterocycles. The van der Waals surface area contributed by atoms with Gasteiger partial charge in [-0.05, 0) is 54.6 Å². The normalized spacial score (nSPS) is 10.8. The molecule has 3 aromatic carbocycles. The summed E-state index contributed by atoms with van der Waals surface area (Å²) in [6, 6.07) is 23.0. The van der Waals surface area contributed by atoms with Crippen LogP contribution in [0.5, 0.6) is 11.5 Å². The van der Waals surface area contributed by atoms with E-state index in [1.165, 1.54) is 0 Å². The lowest BCUT2D eigenvalue weighted by molar-refractivity contribution is 0.356. The van der Waals surface area contributed by atoms with Gasteiger partial charge in [-0.1, -0.05) is 29.8 Å². The number of hydrogen-bond acceptors (Lipinski definition) is 7. The quantitative estimate of drug-likeness (QED) is 0.290. The van der Waals surface area contributed by atoms with Gasteiger partial charge < -0.3 is 20.5 Å². The van der Waals surface area contributed by atoms with Crippen LogP contribution in [0.15, 0.2) is 79.0 Å². The zero-order valence-corrected chi connectivity index (χ0v) is 19.9. The zero-order chi connectivity index (χ0) is 24.4. The second-order valence-corrected chi connectivity index (χ2v) is 8.20. The van der Waals surface area contributed by atoms with E-state index in [0.717, 1.165) is 33.4 Å². The first-order valence-corrected chi connectivity index (χ1v) is 11.2. The number of ether oxygens (including phenoxy) is 2. The minimum atomic E-state index is 0.173. The van der Waals surface area contributed by atoms with Crippen LogP contribution in [0.1, 0.15) is 0 Å². The van der Waals surface area contributed by atoms with Crippen LogP contribution in [0.4, 0.5) is 17.3 Å². The van der Waals surface area contributed by atoms with Crippen LogP contribution in [0, 0.1) is 0 Å². The Labute approximate surface area is 207 Å². The van der Waals surface area contributed by atoms with Crippen LogP contribution in [-0.2, 0) is 0 Å². The predicted octanol–water partition coefficient (Wildman–Crippen LogP) is 6.36. The van der Waals surface area contributed by atoms with Crippen molar-refractivity contribution in [3.63, 3.8) is 0 Å². The van der Waals surface area contributed by atoms with Gasteiger partial charge in [0.05, 0.1) is 31.1 Å². The van der Waals surface area contributed by atoms with Crippen LogP contribution >= 0.6 is 11.6 Å². The van der Waals surface area contributed by atoms with Gasteiger partial charge in [0.25, 0.3) is 0 Å². The monoisotopic (exact) mass is 483 g/mol. The molecule has 174 valence electrons. The Balaban J connectivity index is 1.46. The molecule has 0 atom stereocenters. The first-order chi connectivity index (χ1) is 17.1. The number of pyridine rings is 1. The van der Waals surface area contributed by atoms with E-state index in [0.29, 0.717) is 27.9 Å². The Morgan fingerprint density at radius 3 is 2.43 bits per heavy atom. The smallest absolute Gasteiger partial charge is 0.221 e. The molecule has 2 aromatic heterocycles. The number of nitrogens with two attached hydrogens (primary N) is 1. The molecule has 0 aliphatic rings. The van der Waals surface area contributed by atoms with E-state index in [9.17, 15) is 0 Å². The lowest BCUT2D eigenvalue weighted by atomic mass is 10.1. The Morgan fingerprint density at radius 1 is 0.857 bits per heavy atom. The highest BCUT2D eigenvalue weighted by Gasteiger charge is 2.15. The maximum Gasteiger partial charge on any atom is 0.221 e. The third-order valence-electron chi connectivity index (χ3n) is 5.59. The summed E-state index contributed by atoms with van der Waals surface area (Å²) in [4.78, 5) is 13.3. The van der Waals surface area contributed by atoms with Gasteiger partial charge in [-0.3, -0.25) is 4.98 Å². The SMILES string of the molecule is COc1cccc(-c2cc(-c3ccc(Nc4ccnc5cc(Cl)ccc45)cc3)nc(N)n2)c1OC. The number of nitrogen functional groups attached to an aromatic ring is 1. The summed E-state index contributed by atoms with van der Waals surface area (Å²) in [7, 11) is 3.19. The minimum Gasteiger partial charge on any atom is -0.493 e. The number of halogens is 1. The molecule has 0 spiro atoms. The standard InChI is InChI=1S/C27H22ClN5O2/c1-34-25-5-3-4-20(26(25)35-2)24-15-22(32-27(29)33-24)16-6-9-18(10-7-16)31-21-12-13-30-23-14-17(28)8-11-19(21)23/h3-15H,1-2H3,(H,30,31)(H2,29,32,33). The van der Waals surface area contributed by atoms with E-state index in [4.69, 9.17) is 26.8 Å². The second-order valence-electron chi connectivity index (χ2n) is 7.76. The van der Waals surface area contributed by atoms with Crippen molar-refractivity contribution < 1.29 is 9.47 Å². The van der Waals surface area contributed by atoms with E-state index < -0.39 is 0 Å². The molecule has 0 aliphatic carbocycles. The fraction of sp³-hybridized carbons (Fsp3) is 0.0741. The van der Waals surface area contributed by atoms with Gasteiger partial charge in [-0.2, -0.15) is 0 Å². The fourth-order valence-corrected chi connectivity index (χ4v) is 4.12. The Kier molecular flexibility index (Phi) is 6.08.